The van der Waals surface area contributed by atoms with Gasteiger partial charge in [-0.15, -0.1) is 0 Å². The number of hydrogen-bond acceptors (Lipinski definition) is 1. The Labute approximate surface area is 127 Å². The predicted octanol–water partition coefficient (Wildman–Crippen LogP) is 5.26. The highest BCUT2D eigenvalue weighted by molar-refractivity contribution is 6.35. The molecule has 0 amide bonds. The second-order valence-corrected chi connectivity index (χ2v) is 5.74. The Kier molecular flexibility index (Phi) is 7.52. The second kappa shape index (κ2) is 8.63. The van der Waals surface area contributed by atoms with E-state index in [1.165, 1.54) is 5.57 Å². The smallest absolute Gasteiger partial charge is 0.0453 e. The quantitative estimate of drug-likeness (QED) is 0.646. The van der Waals surface area contributed by atoms with Crippen LogP contribution < -0.4 is 5.32 Å². The monoisotopic (exact) mass is 299 g/mol. The van der Waals surface area contributed by atoms with E-state index in [-0.39, 0.29) is 0 Å². The molecular weight excluding hydrogens is 277 g/mol. The number of halogens is 2. The van der Waals surface area contributed by atoms with Crippen LogP contribution >= 0.6 is 23.2 Å². The van der Waals surface area contributed by atoms with Crippen molar-refractivity contribution < 1.29 is 0 Å². The van der Waals surface area contributed by atoms with E-state index in [0.717, 1.165) is 42.8 Å². The molecule has 1 rings (SSSR count). The zero-order valence-corrected chi connectivity index (χ0v) is 13.3. The lowest BCUT2D eigenvalue weighted by molar-refractivity contribution is 0.500. The van der Waals surface area contributed by atoms with Gasteiger partial charge in [-0.3, -0.25) is 0 Å². The third-order valence-corrected chi connectivity index (χ3v) is 3.79. The van der Waals surface area contributed by atoms with Crippen LogP contribution in [0.4, 0.5) is 0 Å². The Hall–Kier alpha value is -0.500. The maximum Gasteiger partial charge on any atom is 0.0453 e. The molecule has 0 aliphatic rings. The molecule has 3 heteroatoms. The summed E-state index contributed by atoms with van der Waals surface area (Å²) >= 11 is 12.2. The lowest BCUT2D eigenvalue weighted by Crippen LogP contribution is -2.32. The Morgan fingerprint density at radius 1 is 1.32 bits per heavy atom. The molecule has 0 radical (unpaired) electrons. The SMILES string of the molecule is C=C(CC)CC(Cc1ccc(Cl)cc1Cl)NCCC. The molecule has 1 N–H and O–H groups in total. The zero-order valence-electron chi connectivity index (χ0n) is 11.8. The summed E-state index contributed by atoms with van der Waals surface area (Å²) in [7, 11) is 0. The summed E-state index contributed by atoms with van der Waals surface area (Å²) in [5.74, 6) is 0. The molecular formula is C16H23Cl2N. The molecule has 1 nitrogen and oxygen atoms in total. The molecule has 1 atom stereocenters. The highest BCUT2D eigenvalue weighted by Gasteiger charge is 2.12. The van der Waals surface area contributed by atoms with E-state index in [2.05, 4.69) is 25.7 Å². The van der Waals surface area contributed by atoms with Gasteiger partial charge in [-0.2, -0.15) is 0 Å². The summed E-state index contributed by atoms with van der Waals surface area (Å²) in [4.78, 5) is 0. The molecule has 0 aliphatic heterocycles. The predicted molar refractivity (Wildman–Crippen MR) is 86.3 cm³/mol. The van der Waals surface area contributed by atoms with Crippen molar-refractivity contribution in [1.29, 1.82) is 0 Å². The third kappa shape index (κ3) is 5.99. The van der Waals surface area contributed by atoms with Gasteiger partial charge in [0, 0.05) is 16.1 Å². The molecule has 106 valence electrons. The fourth-order valence-electron chi connectivity index (χ4n) is 2.01. The maximum absolute atomic E-state index is 6.24. The van der Waals surface area contributed by atoms with Crippen molar-refractivity contribution in [3.8, 4) is 0 Å². The van der Waals surface area contributed by atoms with Gasteiger partial charge in [0.25, 0.3) is 0 Å². The van der Waals surface area contributed by atoms with E-state index in [1.807, 2.05) is 18.2 Å². The van der Waals surface area contributed by atoms with Gasteiger partial charge in [0.05, 0.1) is 0 Å². The molecule has 1 aromatic rings. The molecule has 1 unspecified atom stereocenters. The first-order valence-corrected chi connectivity index (χ1v) is 7.66. The number of benzene rings is 1. The Balaban J connectivity index is 2.72. The van der Waals surface area contributed by atoms with Gasteiger partial charge in [-0.05, 0) is 49.9 Å². The van der Waals surface area contributed by atoms with Crippen molar-refractivity contribution >= 4 is 23.2 Å². The lowest BCUT2D eigenvalue weighted by atomic mass is 9.98. The van der Waals surface area contributed by atoms with E-state index >= 15 is 0 Å². The summed E-state index contributed by atoms with van der Waals surface area (Å²) in [5, 5.41) is 5.01. The summed E-state index contributed by atoms with van der Waals surface area (Å²) in [6, 6.07) is 6.12. The number of hydrogen-bond donors (Lipinski definition) is 1. The van der Waals surface area contributed by atoms with Gasteiger partial charge >= 0.3 is 0 Å². The Morgan fingerprint density at radius 3 is 2.63 bits per heavy atom. The Morgan fingerprint density at radius 2 is 2.05 bits per heavy atom. The van der Waals surface area contributed by atoms with Crippen LogP contribution in [0.25, 0.3) is 0 Å². The minimum Gasteiger partial charge on any atom is -0.313 e. The van der Waals surface area contributed by atoms with Crippen LogP contribution in [0.3, 0.4) is 0 Å². The normalized spacial score (nSPS) is 12.4. The minimum atomic E-state index is 0.395. The molecule has 0 spiro atoms. The van der Waals surface area contributed by atoms with E-state index in [0.29, 0.717) is 11.1 Å². The van der Waals surface area contributed by atoms with Crippen LogP contribution in [-0.2, 0) is 6.42 Å². The molecule has 0 aromatic heterocycles. The highest BCUT2D eigenvalue weighted by Crippen LogP contribution is 2.23. The van der Waals surface area contributed by atoms with Gasteiger partial charge in [0.15, 0.2) is 0 Å². The van der Waals surface area contributed by atoms with Crippen LogP contribution in [-0.4, -0.2) is 12.6 Å². The first-order chi connectivity index (χ1) is 9.06. The van der Waals surface area contributed by atoms with Crippen LogP contribution in [0.5, 0.6) is 0 Å². The summed E-state index contributed by atoms with van der Waals surface area (Å²) in [5.41, 5.74) is 2.42. The minimum absolute atomic E-state index is 0.395. The van der Waals surface area contributed by atoms with Crippen molar-refractivity contribution in [2.75, 3.05) is 6.54 Å². The summed E-state index contributed by atoms with van der Waals surface area (Å²) in [6.45, 7) is 9.45. The largest absolute Gasteiger partial charge is 0.313 e. The van der Waals surface area contributed by atoms with Crippen molar-refractivity contribution in [3.05, 3.63) is 46.0 Å². The van der Waals surface area contributed by atoms with E-state index in [9.17, 15) is 0 Å². The van der Waals surface area contributed by atoms with Gasteiger partial charge < -0.3 is 5.32 Å². The van der Waals surface area contributed by atoms with Gasteiger partial charge in [-0.1, -0.05) is 55.3 Å². The van der Waals surface area contributed by atoms with Crippen LogP contribution in [0, 0.1) is 0 Å². The summed E-state index contributed by atoms with van der Waals surface area (Å²) in [6.07, 6.45) is 4.06. The first kappa shape index (κ1) is 16.6. The fourth-order valence-corrected chi connectivity index (χ4v) is 2.50. The molecule has 19 heavy (non-hydrogen) atoms. The molecule has 0 saturated carbocycles. The maximum atomic E-state index is 6.24. The summed E-state index contributed by atoms with van der Waals surface area (Å²) < 4.78 is 0. The van der Waals surface area contributed by atoms with E-state index in [1.54, 1.807) is 0 Å². The number of nitrogens with one attached hydrogen (secondary N) is 1. The molecule has 0 aliphatic carbocycles. The van der Waals surface area contributed by atoms with Crippen molar-refractivity contribution in [1.82, 2.24) is 5.32 Å². The fraction of sp³-hybridized carbons (Fsp3) is 0.500. The van der Waals surface area contributed by atoms with Crippen LogP contribution in [0.15, 0.2) is 30.4 Å². The Bertz CT molecular complexity index is 415. The average Bonchev–Trinajstić information content (AvgIpc) is 2.38. The first-order valence-electron chi connectivity index (χ1n) is 6.90. The third-order valence-electron chi connectivity index (χ3n) is 3.20. The van der Waals surface area contributed by atoms with Crippen LogP contribution in [0.2, 0.25) is 10.0 Å². The van der Waals surface area contributed by atoms with Crippen molar-refractivity contribution in [3.63, 3.8) is 0 Å². The molecule has 0 fully saturated rings. The van der Waals surface area contributed by atoms with Gasteiger partial charge in [-0.25, -0.2) is 0 Å². The topological polar surface area (TPSA) is 12.0 Å². The van der Waals surface area contributed by atoms with E-state index < -0.39 is 0 Å². The molecule has 0 saturated heterocycles. The van der Waals surface area contributed by atoms with Crippen LogP contribution in [0.1, 0.15) is 38.7 Å². The highest BCUT2D eigenvalue weighted by atomic mass is 35.5. The van der Waals surface area contributed by atoms with Crippen molar-refractivity contribution in [2.45, 2.75) is 45.6 Å². The van der Waals surface area contributed by atoms with Gasteiger partial charge in [0.1, 0.15) is 0 Å². The van der Waals surface area contributed by atoms with Crippen molar-refractivity contribution in [2.24, 2.45) is 0 Å². The zero-order chi connectivity index (χ0) is 14.3. The number of rotatable bonds is 8. The molecule has 0 heterocycles. The van der Waals surface area contributed by atoms with Gasteiger partial charge in [0.2, 0.25) is 0 Å². The lowest BCUT2D eigenvalue weighted by Gasteiger charge is -2.20. The van der Waals surface area contributed by atoms with E-state index in [4.69, 9.17) is 23.2 Å². The standard InChI is InChI=1S/C16H23Cl2N/c1-4-8-19-15(9-12(3)5-2)10-13-6-7-14(17)11-16(13)18/h6-7,11,15,19H,3-5,8-10H2,1-2H3. The average molecular weight is 300 g/mol. The molecule has 0 bridgehead atoms. The second-order valence-electron chi connectivity index (χ2n) is 4.90. The molecule has 1 aromatic carbocycles.